The number of carbonyl (C=O) groups excluding carboxylic acids is 1. The molecule has 1 amide bonds. The van der Waals surface area contributed by atoms with E-state index in [1.165, 1.54) is 0 Å². The minimum absolute atomic E-state index is 0.169. The molecule has 23 heavy (non-hydrogen) atoms. The predicted octanol–water partition coefficient (Wildman–Crippen LogP) is 3.18. The van der Waals surface area contributed by atoms with Gasteiger partial charge in [-0.15, -0.1) is 0 Å². The van der Waals surface area contributed by atoms with Crippen LogP contribution in [0.4, 0.5) is 5.69 Å². The van der Waals surface area contributed by atoms with Crippen LogP contribution in [0.15, 0.2) is 60.9 Å². The Hall–Kier alpha value is -2.88. The highest BCUT2D eigenvalue weighted by Crippen LogP contribution is 2.30. The van der Waals surface area contributed by atoms with E-state index in [1.807, 2.05) is 48.6 Å². The minimum atomic E-state index is 0.169. The Balaban J connectivity index is 1.57. The number of para-hydroxylation sites is 1. The third-order valence-electron chi connectivity index (χ3n) is 4.26. The zero-order valence-corrected chi connectivity index (χ0v) is 12.9. The smallest absolute Gasteiger partial charge is 0.231 e. The highest BCUT2D eigenvalue weighted by atomic mass is 16.2. The summed E-state index contributed by atoms with van der Waals surface area (Å²) in [4.78, 5) is 14.1. The third-order valence-corrected chi connectivity index (χ3v) is 4.26. The maximum atomic E-state index is 12.2. The van der Waals surface area contributed by atoms with Gasteiger partial charge in [-0.05, 0) is 22.8 Å². The van der Waals surface area contributed by atoms with Gasteiger partial charge >= 0.3 is 0 Å². The number of nitrogens with zero attached hydrogens (tertiary/aromatic N) is 3. The van der Waals surface area contributed by atoms with Gasteiger partial charge in [0.2, 0.25) is 5.91 Å². The zero-order valence-electron chi connectivity index (χ0n) is 12.9. The number of anilines is 1. The lowest BCUT2D eigenvalue weighted by Crippen LogP contribution is -2.25. The van der Waals surface area contributed by atoms with Gasteiger partial charge in [0, 0.05) is 24.5 Å². The highest BCUT2D eigenvalue weighted by molar-refractivity contribution is 6.01. The molecule has 0 unspecified atom stereocenters. The van der Waals surface area contributed by atoms with E-state index in [0.29, 0.717) is 13.0 Å². The van der Waals surface area contributed by atoms with E-state index in [1.54, 1.807) is 4.68 Å². The fraction of sp³-hybridized carbons (Fsp3) is 0.158. The summed E-state index contributed by atoms with van der Waals surface area (Å²) >= 11 is 0. The van der Waals surface area contributed by atoms with Gasteiger partial charge in [0.05, 0.1) is 19.2 Å². The molecule has 4 rings (SSSR count). The summed E-state index contributed by atoms with van der Waals surface area (Å²) in [6.07, 6.45) is 4.36. The van der Waals surface area contributed by atoms with Gasteiger partial charge in [-0.25, -0.2) is 0 Å². The summed E-state index contributed by atoms with van der Waals surface area (Å²) in [5.74, 6) is 0.169. The van der Waals surface area contributed by atoms with Crippen LogP contribution in [0.3, 0.4) is 0 Å². The van der Waals surface area contributed by atoms with Crippen molar-refractivity contribution >= 4 is 11.6 Å². The maximum Gasteiger partial charge on any atom is 0.231 e. The van der Waals surface area contributed by atoms with Crippen LogP contribution in [0.1, 0.15) is 11.1 Å². The average molecular weight is 303 g/mol. The van der Waals surface area contributed by atoms with Crippen molar-refractivity contribution < 1.29 is 4.79 Å². The molecule has 3 aromatic rings. The van der Waals surface area contributed by atoms with E-state index in [2.05, 4.69) is 29.4 Å². The van der Waals surface area contributed by atoms with Crippen LogP contribution in [0, 0.1) is 0 Å². The Kier molecular flexibility index (Phi) is 3.23. The SMILES string of the molecule is Cn1cc(-c2ccc(CN3C(=O)Cc4ccccc43)cc2)cn1. The molecule has 0 radical (unpaired) electrons. The summed E-state index contributed by atoms with van der Waals surface area (Å²) in [5, 5.41) is 4.20. The van der Waals surface area contributed by atoms with Crippen LogP contribution in [-0.2, 0) is 24.8 Å². The van der Waals surface area contributed by atoms with E-state index < -0.39 is 0 Å². The Labute approximate surface area is 135 Å². The molecule has 4 nitrogen and oxygen atoms in total. The molecular formula is C19H17N3O. The van der Waals surface area contributed by atoms with E-state index in [4.69, 9.17) is 0 Å². The number of rotatable bonds is 3. The fourth-order valence-electron chi connectivity index (χ4n) is 3.05. The van der Waals surface area contributed by atoms with Gasteiger partial charge in [-0.3, -0.25) is 9.48 Å². The summed E-state index contributed by atoms with van der Waals surface area (Å²) in [6, 6.07) is 16.3. The molecule has 2 aromatic carbocycles. The normalized spacial score (nSPS) is 13.4. The average Bonchev–Trinajstić information content (AvgIpc) is 3.12. The Morgan fingerprint density at radius 2 is 1.83 bits per heavy atom. The van der Waals surface area contributed by atoms with Crippen molar-refractivity contribution in [2.45, 2.75) is 13.0 Å². The molecule has 2 heterocycles. The molecule has 0 spiro atoms. The number of amides is 1. The second-order valence-electron chi connectivity index (χ2n) is 5.88. The van der Waals surface area contributed by atoms with Crippen molar-refractivity contribution in [1.29, 1.82) is 0 Å². The number of hydrogen-bond donors (Lipinski definition) is 0. The monoisotopic (exact) mass is 303 g/mol. The Bertz CT molecular complexity index is 864. The van der Waals surface area contributed by atoms with Crippen LogP contribution >= 0.6 is 0 Å². The molecule has 0 aliphatic carbocycles. The first kappa shape index (κ1) is 13.8. The maximum absolute atomic E-state index is 12.2. The molecule has 0 bridgehead atoms. The quantitative estimate of drug-likeness (QED) is 0.745. The van der Waals surface area contributed by atoms with Gasteiger partial charge in [0.15, 0.2) is 0 Å². The number of aromatic nitrogens is 2. The van der Waals surface area contributed by atoms with Gasteiger partial charge in [-0.2, -0.15) is 5.10 Å². The van der Waals surface area contributed by atoms with Crippen LogP contribution in [-0.4, -0.2) is 15.7 Å². The highest BCUT2D eigenvalue weighted by Gasteiger charge is 2.26. The first-order valence-corrected chi connectivity index (χ1v) is 7.67. The Morgan fingerprint density at radius 3 is 2.57 bits per heavy atom. The fourth-order valence-corrected chi connectivity index (χ4v) is 3.05. The first-order chi connectivity index (χ1) is 11.2. The number of fused-ring (bicyclic) bond motifs is 1. The van der Waals surface area contributed by atoms with Crippen molar-refractivity contribution in [2.24, 2.45) is 7.05 Å². The Morgan fingerprint density at radius 1 is 1.04 bits per heavy atom. The molecule has 114 valence electrons. The molecule has 4 heteroatoms. The van der Waals surface area contributed by atoms with Crippen LogP contribution in [0.25, 0.3) is 11.1 Å². The zero-order chi connectivity index (χ0) is 15.8. The number of benzene rings is 2. The second-order valence-corrected chi connectivity index (χ2v) is 5.88. The van der Waals surface area contributed by atoms with Crippen molar-refractivity contribution in [3.8, 4) is 11.1 Å². The van der Waals surface area contributed by atoms with Crippen LogP contribution in [0.2, 0.25) is 0 Å². The van der Waals surface area contributed by atoms with Crippen molar-refractivity contribution in [2.75, 3.05) is 4.90 Å². The van der Waals surface area contributed by atoms with E-state index in [0.717, 1.165) is 27.9 Å². The third kappa shape index (κ3) is 2.52. The van der Waals surface area contributed by atoms with Crippen molar-refractivity contribution in [3.05, 3.63) is 72.1 Å². The van der Waals surface area contributed by atoms with E-state index in [-0.39, 0.29) is 5.91 Å². The van der Waals surface area contributed by atoms with Crippen LogP contribution in [0.5, 0.6) is 0 Å². The molecule has 1 aromatic heterocycles. The largest absolute Gasteiger partial charge is 0.307 e. The van der Waals surface area contributed by atoms with Crippen molar-refractivity contribution in [1.82, 2.24) is 9.78 Å². The lowest BCUT2D eigenvalue weighted by atomic mass is 10.1. The van der Waals surface area contributed by atoms with Gasteiger partial charge in [0.1, 0.15) is 0 Å². The van der Waals surface area contributed by atoms with E-state index in [9.17, 15) is 4.79 Å². The molecule has 0 saturated heterocycles. The van der Waals surface area contributed by atoms with Crippen molar-refractivity contribution in [3.63, 3.8) is 0 Å². The minimum Gasteiger partial charge on any atom is -0.307 e. The molecule has 0 atom stereocenters. The van der Waals surface area contributed by atoms with Gasteiger partial charge in [0.25, 0.3) is 0 Å². The summed E-state index contributed by atoms with van der Waals surface area (Å²) < 4.78 is 1.79. The number of aryl methyl sites for hydroxylation is 1. The lowest BCUT2D eigenvalue weighted by Gasteiger charge is -2.17. The molecule has 1 aliphatic heterocycles. The summed E-state index contributed by atoms with van der Waals surface area (Å²) in [5.41, 5.74) is 5.51. The summed E-state index contributed by atoms with van der Waals surface area (Å²) in [6.45, 7) is 0.614. The molecule has 0 saturated carbocycles. The van der Waals surface area contributed by atoms with Gasteiger partial charge in [-0.1, -0.05) is 42.5 Å². The number of hydrogen-bond acceptors (Lipinski definition) is 2. The lowest BCUT2D eigenvalue weighted by molar-refractivity contribution is -0.117. The van der Waals surface area contributed by atoms with E-state index >= 15 is 0 Å². The molecular weight excluding hydrogens is 286 g/mol. The summed E-state index contributed by atoms with van der Waals surface area (Å²) in [7, 11) is 1.91. The molecule has 0 fully saturated rings. The van der Waals surface area contributed by atoms with Gasteiger partial charge < -0.3 is 4.90 Å². The second kappa shape index (κ2) is 5.39. The first-order valence-electron chi connectivity index (χ1n) is 7.67. The van der Waals surface area contributed by atoms with Crippen LogP contribution < -0.4 is 4.90 Å². The standard InChI is InChI=1S/C19H17N3O/c1-21-13-17(11-20-21)15-8-6-14(7-9-15)12-22-18-5-3-2-4-16(18)10-19(22)23/h2-9,11,13H,10,12H2,1H3. The molecule has 1 aliphatic rings. The number of carbonyl (C=O) groups is 1. The topological polar surface area (TPSA) is 38.1 Å². The molecule has 0 N–H and O–H groups in total. The predicted molar refractivity (Wildman–Crippen MR) is 90.0 cm³/mol.